The summed E-state index contributed by atoms with van der Waals surface area (Å²) in [5, 5.41) is 1.11. The molecule has 0 saturated carbocycles. The summed E-state index contributed by atoms with van der Waals surface area (Å²) in [7, 11) is -3.54. The minimum atomic E-state index is -3.54. The molecule has 0 fully saturated rings. The molecule has 0 amide bonds. The Bertz CT molecular complexity index is 1230. The van der Waals surface area contributed by atoms with Crippen molar-refractivity contribution in [2.24, 2.45) is 0 Å². The number of fused-ring (bicyclic) bond motifs is 1. The van der Waals surface area contributed by atoms with E-state index in [2.05, 4.69) is 4.72 Å². The highest BCUT2D eigenvalue weighted by atomic mass is 35.5. The third kappa shape index (κ3) is 5.71. The van der Waals surface area contributed by atoms with Crippen LogP contribution in [0.5, 0.6) is 11.5 Å². The average Bonchev–Trinajstić information content (AvgIpc) is 2.87. The van der Waals surface area contributed by atoms with E-state index in [0.717, 1.165) is 6.26 Å². The fraction of sp³-hybridized carbons (Fsp3) is 0.318. The van der Waals surface area contributed by atoms with Gasteiger partial charge in [0.25, 0.3) is 0 Å². The van der Waals surface area contributed by atoms with E-state index in [9.17, 15) is 13.2 Å². The summed E-state index contributed by atoms with van der Waals surface area (Å²) >= 11 is 5.97. The zero-order chi connectivity index (χ0) is 23.0. The molecule has 2 aromatic carbocycles. The topological polar surface area (TPSA) is 86.6 Å². The summed E-state index contributed by atoms with van der Waals surface area (Å²) in [6, 6.07) is 12.0. The van der Waals surface area contributed by atoms with Gasteiger partial charge in [0, 0.05) is 5.02 Å². The van der Waals surface area contributed by atoms with Crippen molar-refractivity contribution in [3.05, 3.63) is 53.2 Å². The summed E-state index contributed by atoms with van der Waals surface area (Å²) in [5.74, 6) is 0.553. The predicted octanol–water partition coefficient (Wildman–Crippen LogP) is 5.11. The van der Waals surface area contributed by atoms with E-state index in [1.54, 1.807) is 74.7 Å². The molecular weight excluding hydrogens is 440 g/mol. The largest absolute Gasteiger partial charge is 0.459 e. The van der Waals surface area contributed by atoms with E-state index in [1.807, 2.05) is 0 Å². The number of nitrogens with one attached hydrogen (secondary N) is 1. The molecule has 0 spiro atoms. The lowest BCUT2D eigenvalue weighted by atomic mass is 10.2. The van der Waals surface area contributed by atoms with Gasteiger partial charge in [0.2, 0.25) is 10.0 Å². The normalized spacial score (nSPS) is 12.1. The summed E-state index contributed by atoms with van der Waals surface area (Å²) in [6.45, 7) is 7.16. The molecule has 1 aromatic heterocycles. The lowest BCUT2D eigenvalue weighted by Gasteiger charge is -2.20. The Morgan fingerprint density at radius 3 is 2.35 bits per heavy atom. The predicted molar refractivity (Wildman–Crippen MR) is 123 cm³/mol. The number of carbonyl (C=O) groups is 1. The highest BCUT2D eigenvalue weighted by Gasteiger charge is 2.24. The van der Waals surface area contributed by atoms with E-state index >= 15 is 0 Å². The molecule has 9 heteroatoms. The van der Waals surface area contributed by atoms with Gasteiger partial charge in [0.1, 0.15) is 17.9 Å². The molecule has 0 bridgehead atoms. The number of hydrogen-bond donors (Lipinski definition) is 1. The molecule has 3 rings (SSSR count). The van der Waals surface area contributed by atoms with Crippen molar-refractivity contribution in [3.63, 3.8) is 0 Å². The van der Waals surface area contributed by atoms with Gasteiger partial charge in [-0.2, -0.15) is 0 Å². The molecule has 0 saturated heterocycles. The third-order valence-electron chi connectivity index (χ3n) is 4.33. The van der Waals surface area contributed by atoms with Gasteiger partial charge < -0.3 is 14.0 Å². The molecular formula is C22H25ClN2O5S. The number of benzene rings is 2. The first-order valence-electron chi connectivity index (χ1n) is 9.59. The van der Waals surface area contributed by atoms with Crippen molar-refractivity contribution in [1.82, 2.24) is 4.57 Å². The Morgan fingerprint density at radius 1 is 1.13 bits per heavy atom. The van der Waals surface area contributed by atoms with Crippen LogP contribution in [0.15, 0.2) is 42.5 Å². The summed E-state index contributed by atoms with van der Waals surface area (Å²) in [4.78, 5) is 12.5. The van der Waals surface area contributed by atoms with Gasteiger partial charge in [0.15, 0.2) is 5.75 Å². The number of hydrogen-bond acceptors (Lipinski definition) is 5. The van der Waals surface area contributed by atoms with Gasteiger partial charge in [0.05, 0.1) is 28.5 Å². The number of halogens is 1. The maximum atomic E-state index is 12.5. The summed E-state index contributed by atoms with van der Waals surface area (Å²) in [5.41, 5.74) is 1.02. The van der Waals surface area contributed by atoms with Crippen molar-refractivity contribution >= 4 is 44.2 Å². The molecule has 3 aromatic rings. The number of ether oxygens (including phenoxy) is 2. The second kappa shape index (κ2) is 8.43. The van der Waals surface area contributed by atoms with Crippen molar-refractivity contribution in [1.29, 1.82) is 0 Å². The number of esters is 1. The number of sulfonamides is 1. The Hall–Kier alpha value is -2.71. The van der Waals surface area contributed by atoms with E-state index in [1.165, 1.54) is 0 Å². The highest BCUT2D eigenvalue weighted by molar-refractivity contribution is 7.92. The molecule has 0 radical (unpaired) electrons. The number of aromatic nitrogens is 1. The van der Waals surface area contributed by atoms with Crippen LogP contribution in [-0.2, 0) is 26.1 Å². The van der Waals surface area contributed by atoms with Crippen molar-refractivity contribution in [2.45, 2.75) is 39.8 Å². The molecule has 31 heavy (non-hydrogen) atoms. The minimum Gasteiger partial charge on any atom is -0.459 e. The lowest BCUT2D eigenvalue weighted by molar-refractivity contribution is -0.155. The smallest absolute Gasteiger partial charge is 0.326 e. The van der Waals surface area contributed by atoms with Crippen LogP contribution in [0.1, 0.15) is 26.5 Å². The van der Waals surface area contributed by atoms with E-state index in [4.69, 9.17) is 21.1 Å². The summed E-state index contributed by atoms with van der Waals surface area (Å²) in [6.07, 6.45) is 1.08. The van der Waals surface area contributed by atoms with Crippen LogP contribution in [0.2, 0.25) is 5.02 Å². The number of rotatable bonds is 6. The summed E-state index contributed by atoms with van der Waals surface area (Å²) < 4.78 is 39.7. The highest BCUT2D eigenvalue weighted by Crippen LogP contribution is 2.41. The van der Waals surface area contributed by atoms with Gasteiger partial charge in [-0.1, -0.05) is 17.7 Å². The SMILES string of the molecule is Cc1c(Oc2ccc(Cl)cc2)c2c(NS(C)(=O)=O)cccc2n1CC(=O)OC(C)(C)C. The van der Waals surface area contributed by atoms with Crippen LogP contribution in [0.25, 0.3) is 10.9 Å². The molecule has 0 unspecified atom stereocenters. The Kier molecular flexibility index (Phi) is 6.25. The fourth-order valence-electron chi connectivity index (χ4n) is 3.22. The van der Waals surface area contributed by atoms with Gasteiger partial charge >= 0.3 is 5.97 Å². The van der Waals surface area contributed by atoms with Gasteiger partial charge in [-0.15, -0.1) is 0 Å². The van der Waals surface area contributed by atoms with E-state index in [-0.39, 0.29) is 6.54 Å². The van der Waals surface area contributed by atoms with E-state index in [0.29, 0.717) is 38.8 Å². The zero-order valence-corrected chi connectivity index (χ0v) is 19.6. The first-order chi connectivity index (χ1) is 14.3. The molecule has 0 aliphatic rings. The van der Waals surface area contributed by atoms with E-state index < -0.39 is 21.6 Å². The first-order valence-corrected chi connectivity index (χ1v) is 11.9. The van der Waals surface area contributed by atoms with Crippen LogP contribution in [0.4, 0.5) is 5.69 Å². The minimum absolute atomic E-state index is 0.0497. The van der Waals surface area contributed by atoms with Crippen LogP contribution in [0, 0.1) is 6.92 Å². The first kappa shape index (κ1) is 23.0. The monoisotopic (exact) mass is 464 g/mol. The molecule has 1 heterocycles. The van der Waals surface area contributed by atoms with Gasteiger partial charge in [-0.05, 0) is 64.1 Å². The molecule has 7 nitrogen and oxygen atoms in total. The van der Waals surface area contributed by atoms with Crippen molar-refractivity contribution in [3.8, 4) is 11.5 Å². The van der Waals surface area contributed by atoms with Gasteiger partial charge in [-0.25, -0.2) is 8.42 Å². The molecule has 0 atom stereocenters. The maximum absolute atomic E-state index is 12.5. The Labute approximate surface area is 187 Å². The maximum Gasteiger partial charge on any atom is 0.326 e. The number of anilines is 1. The van der Waals surface area contributed by atoms with Crippen LogP contribution < -0.4 is 9.46 Å². The van der Waals surface area contributed by atoms with Gasteiger partial charge in [-0.3, -0.25) is 9.52 Å². The molecule has 0 aliphatic heterocycles. The zero-order valence-electron chi connectivity index (χ0n) is 18.0. The number of nitrogens with zero attached hydrogens (tertiary/aromatic N) is 1. The van der Waals surface area contributed by atoms with Crippen LogP contribution >= 0.6 is 11.6 Å². The Balaban J connectivity index is 2.16. The van der Waals surface area contributed by atoms with Crippen LogP contribution in [0.3, 0.4) is 0 Å². The van der Waals surface area contributed by atoms with Crippen molar-refractivity contribution < 1.29 is 22.7 Å². The third-order valence-corrected chi connectivity index (χ3v) is 5.17. The van der Waals surface area contributed by atoms with Crippen molar-refractivity contribution in [2.75, 3.05) is 11.0 Å². The second-order valence-corrected chi connectivity index (χ2v) is 10.4. The average molecular weight is 465 g/mol. The standard InChI is InChI=1S/C22H25ClN2O5S/c1-14-21(29-16-11-9-15(23)10-12-16)20-17(24-31(5,27)28)7-6-8-18(20)25(14)13-19(26)30-22(2,3)4/h6-12,24H,13H2,1-5H3. The Morgan fingerprint density at radius 2 is 1.77 bits per heavy atom. The second-order valence-electron chi connectivity index (χ2n) is 8.22. The number of carbonyl (C=O) groups excluding carboxylic acids is 1. The lowest BCUT2D eigenvalue weighted by Crippen LogP contribution is -2.26. The quantitative estimate of drug-likeness (QED) is 0.512. The van der Waals surface area contributed by atoms with Crippen LogP contribution in [-0.4, -0.2) is 30.8 Å². The molecule has 166 valence electrons. The molecule has 0 aliphatic carbocycles. The molecule has 1 N–H and O–H groups in total. The fourth-order valence-corrected chi connectivity index (χ4v) is 3.92.